The highest BCUT2D eigenvalue weighted by atomic mass is 16.2. The smallest absolute Gasteiger partial charge is 0.238 e. The number of rotatable bonds is 5. The predicted octanol–water partition coefficient (Wildman–Crippen LogP) is 2.54. The SMILES string of the molecule is CC1CCC(N(CC2CCCCC2)C(=O)C2(C(N)=O)CCCCC2)C(=O)CN1. The van der Waals surface area contributed by atoms with Crippen LogP contribution in [-0.2, 0) is 14.4 Å². The van der Waals surface area contributed by atoms with Crippen molar-refractivity contribution in [3.8, 4) is 0 Å². The molecule has 28 heavy (non-hydrogen) atoms. The Kier molecular flexibility index (Phi) is 7.13. The Balaban J connectivity index is 1.88. The second-order valence-corrected chi connectivity index (χ2v) is 9.31. The molecule has 2 amide bonds. The molecule has 6 nitrogen and oxygen atoms in total. The molecule has 1 aliphatic heterocycles. The lowest BCUT2D eigenvalue weighted by Gasteiger charge is -2.42. The lowest BCUT2D eigenvalue weighted by Crippen LogP contribution is -2.58. The molecule has 0 aromatic heterocycles. The summed E-state index contributed by atoms with van der Waals surface area (Å²) in [5.74, 6) is -0.173. The molecular formula is C22H37N3O3. The Labute approximate surface area is 169 Å². The molecule has 3 fully saturated rings. The fourth-order valence-corrected chi connectivity index (χ4v) is 5.39. The number of ketones is 1. The van der Waals surface area contributed by atoms with E-state index in [9.17, 15) is 14.4 Å². The first kappa shape index (κ1) is 21.3. The van der Waals surface area contributed by atoms with Gasteiger partial charge < -0.3 is 16.0 Å². The van der Waals surface area contributed by atoms with Gasteiger partial charge in [0.15, 0.2) is 5.78 Å². The van der Waals surface area contributed by atoms with E-state index >= 15 is 0 Å². The summed E-state index contributed by atoms with van der Waals surface area (Å²) in [6.07, 6.45) is 11.1. The van der Waals surface area contributed by atoms with Crippen molar-refractivity contribution in [2.24, 2.45) is 17.1 Å². The molecule has 6 heteroatoms. The predicted molar refractivity (Wildman–Crippen MR) is 108 cm³/mol. The van der Waals surface area contributed by atoms with Crippen molar-refractivity contribution < 1.29 is 14.4 Å². The van der Waals surface area contributed by atoms with Gasteiger partial charge in [0.1, 0.15) is 5.41 Å². The van der Waals surface area contributed by atoms with Gasteiger partial charge in [0.2, 0.25) is 11.8 Å². The van der Waals surface area contributed by atoms with E-state index in [0.717, 1.165) is 38.5 Å². The summed E-state index contributed by atoms with van der Waals surface area (Å²) < 4.78 is 0. The molecule has 0 spiro atoms. The Hall–Kier alpha value is -1.43. The van der Waals surface area contributed by atoms with Crippen molar-refractivity contribution >= 4 is 17.6 Å². The number of nitrogens with two attached hydrogens (primary N) is 1. The number of nitrogens with one attached hydrogen (secondary N) is 1. The van der Waals surface area contributed by atoms with E-state index in [1.165, 1.54) is 19.3 Å². The maximum Gasteiger partial charge on any atom is 0.238 e. The third-order valence-electron chi connectivity index (χ3n) is 7.27. The number of nitrogens with zero attached hydrogens (tertiary/aromatic N) is 1. The first-order valence-corrected chi connectivity index (χ1v) is 11.3. The third kappa shape index (κ3) is 4.58. The molecule has 2 unspecified atom stereocenters. The lowest BCUT2D eigenvalue weighted by atomic mass is 9.71. The standard InChI is InChI=1S/C22H37N3O3/c1-16-10-11-18(19(26)14-24-16)25(15-17-8-4-2-5-9-17)21(28)22(20(23)27)12-6-3-7-13-22/h16-18,24H,2-15H2,1H3,(H2,23,27). The van der Waals surface area contributed by atoms with Crippen molar-refractivity contribution in [1.82, 2.24) is 10.2 Å². The molecule has 0 radical (unpaired) electrons. The van der Waals surface area contributed by atoms with Crippen LogP contribution in [0, 0.1) is 11.3 Å². The first-order valence-electron chi connectivity index (χ1n) is 11.3. The zero-order valence-electron chi connectivity index (χ0n) is 17.4. The van der Waals surface area contributed by atoms with Crippen molar-refractivity contribution in [1.29, 1.82) is 0 Å². The third-order valence-corrected chi connectivity index (χ3v) is 7.27. The number of amides is 2. The Morgan fingerprint density at radius 2 is 1.68 bits per heavy atom. The minimum Gasteiger partial charge on any atom is -0.369 e. The molecule has 0 aromatic carbocycles. The average Bonchev–Trinajstić information content (AvgIpc) is 2.88. The van der Waals surface area contributed by atoms with Gasteiger partial charge in [-0.3, -0.25) is 14.4 Å². The van der Waals surface area contributed by atoms with Gasteiger partial charge in [-0.2, -0.15) is 0 Å². The fourth-order valence-electron chi connectivity index (χ4n) is 5.39. The summed E-state index contributed by atoms with van der Waals surface area (Å²) in [6.45, 7) is 2.97. The second-order valence-electron chi connectivity index (χ2n) is 9.31. The number of Topliss-reactive ketones (excluding diaryl/α,β-unsaturated/α-hetero) is 1. The normalized spacial score (nSPS) is 29.1. The molecule has 3 rings (SSSR count). The molecular weight excluding hydrogens is 354 g/mol. The quantitative estimate of drug-likeness (QED) is 0.705. The van der Waals surface area contributed by atoms with Crippen LogP contribution >= 0.6 is 0 Å². The highest BCUT2D eigenvalue weighted by molar-refractivity contribution is 6.06. The van der Waals surface area contributed by atoms with Crippen molar-refractivity contribution in [2.75, 3.05) is 13.1 Å². The van der Waals surface area contributed by atoms with Gasteiger partial charge in [0.05, 0.1) is 12.6 Å². The topological polar surface area (TPSA) is 92.5 Å². The molecule has 2 aliphatic carbocycles. The summed E-state index contributed by atoms with van der Waals surface area (Å²) in [7, 11) is 0. The largest absolute Gasteiger partial charge is 0.369 e. The maximum absolute atomic E-state index is 13.8. The Morgan fingerprint density at radius 3 is 2.32 bits per heavy atom. The van der Waals surface area contributed by atoms with Crippen molar-refractivity contribution in [2.45, 2.75) is 96.1 Å². The van der Waals surface area contributed by atoms with E-state index in [0.29, 0.717) is 38.3 Å². The zero-order valence-corrected chi connectivity index (χ0v) is 17.4. The number of hydrogen-bond acceptors (Lipinski definition) is 4. The van der Waals surface area contributed by atoms with E-state index in [1.54, 1.807) is 4.90 Å². The van der Waals surface area contributed by atoms with Crippen LogP contribution in [0.5, 0.6) is 0 Å². The van der Waals surface area contributed by atoms with Gasteiger partial charge in [0, 0.05) is 12.6 Å². The molecule has 158 valence electrons. The van der Waals surface area contributed by atoms with E-state index in [4.69, 9.17) is 5.73 Å². The van der Waals surface area contributed by atoms with Gasteiger partial charge in [-0.15, -0.1) is 0 Å². The van der Waals surface area contributed by atoms with Crippen LogP contribution in [0.1, 0.15) is 84.0 Å². The minimum atomic E-state index is -1.11. The summed E-state index contributed by atoms with van der Waals surface area (Å²) in [6, 6.07) is -0.162. The van der Waals surface area contributed by atoms with Gasteiger partial charge in [-0.25, -0.2) is 0 Å². The van der Waals surface area contributed by atoms with Gasteiger partial charge in [-0.1, -0.05) is 38.5 Å². The van der Waals surface area contributed by atoms with Crippen LogP contribution < -0.4 is 11.1 Å². The summed E-state index contributed by atoms with van der Waals surface area (Å²) in [5.41, 5.74) is 4.69. The van der Waals surface area contributed by atoms with E-state index in [-0.39, 0.29) is 17.7 Å². The van der Waals surface area contributed by atoms with Crippen LogP contribution in [0.25, 0.3) is 0 Å². The number of hydrogen-bond donors (Lipinski definition) is 2. The van der Waals surface area contributed by atoms with Gasteiger partial charge in [0.25, 0.3) is 0 Å². The van der Waals surface area contributed by atoms with Crippen molar-refractivity contribution in [3.63, 3.8) is 0 Å². The Morgan fingerprint density at radius 1 is 1.04 bits per heavy atom. The number of carbonyl (C=O) groups is 3. The van der Waals surface area contributed by atoms with Crippen molar-refractivity contribution in [3.05, 3.63) is 0 Å². The minimum absolute atomic E-state index is 0.0731. The van der Waals surface area contributed by atoms with Crippen LogP contribution in [-0.4, -0.2) is 47.7 Å². The maximum atomic E-state index is 13.8. The second kappa shape index (κ2) is 9.38. The van der Waals surface area contributed by atoms with E-state index in [1.807, 2.05) is 0 Å². The van der Waals surface area contributed by atoms with Crippen LogP contribution in [0.3, 0.4) is 0 Å². The van der Waals surface area contributed by atoms with Gasteiger partial charge in [-0.05, 0) is 51.4 Å². The van der Waals surface area contributed by atoms with Crippen LogP contribution in [0.15, 0.2) is 0 Å². The first-order chi connectivity index (χ1) is 13.4. The molecule has 1 saturated heterocycles. The molecule has 3 aliphatic rings. The molecule has 2 saturated carbocycles. The van der Waals surface area contributed by atoms with E-state index < -0.39 is 17.4 Å². The summed E-state index contributed by atoms with van der Waals surface area (Å²) >= 11 is 0. The van der Waals surface area contributed by atoms with Crippen LogP contribution in [0.2, 0.25) is 0 Å². The summed E-state index contributed by atoms with van der Waals surface area (Å²) in [5, 5.41) is 3.25. The Bertz CT molecular complexity index is 580. The zero-order chi connectivity index (χ0) is 20.1. The lowest BCUT2D eigenvalue weighted by molar-refractivity contribution is -0.156. The monoisotopic (exact) mass is 391 g/mol. The van der Waals surface area contributed by atoms with Crippen LogP contribution in [0.4, 0.5) is 0 Å². The van der Waals surface area contributed by atoms with Gasteiger partial charge >= 0.3 is 0 Å². The molecule has 1 heterocycles. The molecule has 3 N–H and O–H groups in total. The molecule has 2 atom stereocenters. The highest BCUT2D eigenvalue weighted by Gasteiger charge is 2.49. The van der Waals surface area contributed by atoms with E-state index in [2.05, 4.69) is 12.2 Å². The average molecular weight is 392 g/mol. The number of carbonyl (C=O) groups excluding carboxylic acids is 3. The summed E-state index contributed by atoms with van der Waals surface area (Å²) in [4.78, 5) is 41.0. The highest BCUT2D eigenvalue weighted by Crippen LogP contribution is 2.39. The molecule has 0 bridgehead atoms. The molecule has 0 aromatic rings. The number of primary amides is 1. The fraction of sp³-hybridized carbons (Fsp3) is 0.864.